The Balaban J connectivity index is 1.62. The van der Waals surface area contributed by atoms with Crippen LogP contribution in [0.4, 0.5) is 0 Å². The molecule has 0 saturated carbocycles. The van der Waals surface area contributed by atoms with Crippen LogP contribution in [0.2, 0.25) is 0 Å². The molecular formula is C19H20N2O4. The summed E-state index contributed by atoms with van der Waals surface area (Å²) in [6.07, 6.45) is -0.707. The van der Waals surface area contributed by atoms with Crippen LogP contribution in [0.1, 0.15) is 17.2 Å². The molecule has 1 atom stereocenters. The van der Waals surface area contributed by atoms with Gasteiger partial charge in [0.2, 0.25) is 0 Å². The summed E-state index contributed by atoms with van der Waals surface area (Å²) >= 11 is 0. The first kappa shape index (κ1) is 16.9. The molecule has 0 radical (unpaired) electrons. The molecule has 1 aliphatic heterocycles. The first-order valence-corrected chi connectivity index (χ1v) is 7.91. The van der Waals surface area contributed by atoms with Gasteiger partial charge < -0.3 is 14.2 Å². The summed E-state index contributed by atoms with van der Waals surface area (Å²) in [4.78, 5) is 12.4. The first-order valence-electron chi connectivity index (χ1n) is 7.91. The average molecular weight is 340 g/mol. The molecular weight excluding hydrogens is 320 g/mol. The molecule has 1 aliphatic rings. The summed E-state index contributed by atoms with van der Waals surface area (Å²) in [5.41, 5.74) is 7.54. The molecule has 0 aliphatic carbocycles. The minimum Gasteiger partial charge on any atom is -0.486 e. The van der Waals surface area contributed by atoms with Crippen LogP contribution in [0.5, 0.6) is 11.5 Å². The van der Waals surface area contributed by atoms with Crippen LogP contribution < -0.4 is 20.3 Å². The minimum atomic E-state index is -0.707. The highest BCUT2D eigenvalue weighted by atomic mass is 16.6. The first-order chi connectivity index (χ1) is 12.2. The van der Waals surface area contributed by atoms with Crippen LogP contribution >= 0.6 is 0 Å². The maximum Gasteiger partial charge on any atom is 0.272 e. The Morgan fingerprint density at radius 3 is 2.52 bits per heavy atom. The molecule has 6 nitrogen and oxygen atoms in total. The largest absolute Gasteiger partial charge is 0.486 e. The lowest BCUT2D eigenvalue weighted by Crippen LogP contribution is -2.39. The number of rotatable bonds is 6. The van der Waals surface area contributed by atoms with Crippen LogP contribution in [-0.2, 0) is 9.53 Å². The molecule has 25 heavy (non-hydrogen) atoms. The van der Waals surface area contributed by atoms with Crippen LogP contribution in [0, 0.1) is 0 Å². The summed E-state index contributed by atoms with van der Waals surface area (Å²) in [6, 6.07) is 14.8. The maximum absolute atomic E-state index is 12.4. The Morgan fingerprint density at radius 2 is 1.80 bits per heavy atom. The number of amides is 1. The van der Waals surface area contributed by atoms with E-state index < -0.39 is 6.10 Å². The fourth-order valence-corrected chi connectivity index (χ4v) is 2.53. The number of hydrogen-bond acceptors (Lipinski definition) is 5. The van der Waals surface area contributed by atoms with E-state index in [4.69, 9.17) is 14.2 Å². The Hall–Kier alpha value is -2.99. The van der Waals surface area contributed by atoms with Crippen molar-refractivity contribution >= 4 is 11.6 Å². The highest BCUT2D eigenvalue weighted by Gasteiger charge is 2.20. The molecule has 0 fully saturated rings. The highest BCUT2D eigenvalue weighted by Crippen LogP contribution is 2.32. The van der Waals surface area contributed by atoms with Gasteiger partial charge in [0.15, 0.2) is 17.6 Å². The van der Waals surface area contributed by atoms with Crippen LogP contribution in [0.25, 0.3) is 5.70 Å². The van der Waals surface area contributed by atoms with Gasteiger partial charge in [-0.15, -0.1) is 0 Å². The predicted molar refractivity (Wildman–Crippen MR) is 93.9 cm³/mol. The topological polar surface area (TPSA) is 68.8 Å². The molecule has 6 heteroatoms. The third-order valence-electron chi connectivity index (χ3n) is 3.80. The maximum atomic E-state index is 12.4. The Bertz CT molecular complexity index is 761. The van der Waals surface area contributed by atoms with Crippen molar-refractivity contribution in [1.29, 1.82) is 0 Å². The van der Waals surface area contributed by atoms with E-state index in [-0.39, 0.29) is 5.91 Å². The number of carbonyl (C=O) groups is 1. The van der Waals surface area contributed by atoms with Crippen molar-refractivity contribution in [1.82, 2.24) is 10.9 Å². The highest BCUT2D eigenvalue weighted by molar-refractivity contribution is 5.83. The lowest BCUT2D eigenvalue weighted by Gasteiger charge is -2.20. The third kappa shape index (κ3) is 3.92. The molecule has 2 aromatic carbocycles. The van der Waals surface area contributed by atoms with Crippen molar-refractivity contribution in [2.75, 3.05) is 20.3 Å². The zero-order chi connectivity index (χ0) is 17.6. The van der Waals surface area contributed by atoms with Crippen LogP contribution in [0.15, 0.2) is 55.1 Å². The average Bonchev–Trinajstić information content (AvgIpc) is 2.67. The zero-order valence-corrected chi connectivity index (χ0v) is 14.0. The molecule has 1 amide bonds. The normalized spacial score (nSPS) is 13.6. The van der Waals surface area contributed by atoms with Crippen molar-refractivity contribution < 1.29 is 19.0 Å². The van der Waals surface area contributed by atoms with Gasteiger partial charge in [0.25, 0.3) is 5.91 Å². The van der Waals surface area contributed by atoms with E-state index >= 15 is 0 Å². The Labute approximate surface area is 146 Å². The summed E-state index contributed by atoms with van der Waals surface area (Å²) in [5.74, 6) is 1.06. The number of benzene rings is 2. The lowest BCUT2D eigenvalue weighted by molar-refractivity contribution is -0.132. The van der Waals surface area contributed by atoms with Crippen molar-refractivity contribution in [2.24, 2.45) is 0 Å². The summed E-state index contributed by atoms with van der Waals surface area (Å²) in [6.45, 7) is 5.00. The van der Waals surface area contributed by atoms with Gasteiger partial charge in [-0.2, -0.15) is 0 Å². The second-order valence-corrected chi connectivity index (χ2v) is 5.48. The van der Waals surface area contributed by atoms with Crippen molar-refractivity contribution in [3.8, 4) is 11.5 Å². The molecule has 130 valence electrons. The molecule has 0 bridgehead atoms. The summed E-state index contributed by atoms with van der Waals surface area (Å²) < 4.78 is 16.3. The molecule has 1 heterocycles. The number of methoxy groups -OCH3 is 1. The van der Waals surface area contributed by atoms with E-state index in [2.05, 4.69) is 17.4 Å². The Morgan fingerprint density at radius 1 is 1.08 bits per heavy atom. The van der Waals surface area contributed by atoms with Gasteiger partial charge in [0.1, 0.15) is 13.2 Å². The van der Waals surface area contributed by atoms with E-state index in [0.717, 1.165) is 11.1 Å². The van der Waals surface area contributed by atoms with Gasteiger partial charge in [-0.25, -0.2) is 0 Å². The van der Waals surface area contributed by atoms with Gasteiger partial charge in [0.05, 0.1) is 5.70 Å². The SMILES string of the molecule is C=C(NNC(=O)[C@@H](OC)c1ccccc1)c1ccc2c(c1)OCCO2. The van der Waals surface area contributed by atoms with Gasteiger partial charge in [-0.05, 0) is 23.8 Å². The van der Waals surface area contributed by atoms with E-state index in [9.17, 15) is 4.79 Å². The predicted octanol–water partition coefficient (Wildman–Crippen LogP) is 2.44. The zero-order valence-electron chi connectivity index (χ0n) is 14.0. The number of hydrogen-bond donors (Lipinski definition) is 2. The number of ether oxygens (including phenoxy) is 3. The van der Waals surface area contributed by atoms with Gasteiger partial charge in [-0.3, -0.25) is 15.6 Å². The second kappa shape index (κ2) is 7.72. The number of fused-ring (bicyclic) bond motifs is 1. The lowest BCUT2D eigenvalue weighted by atomic mass is 10.1. The standard InChI is InChI=1S/C19H20N2O4/c1-13(15-8-9-16-17(12-15)25-11-10-24-16)20-21-19(22)18(23-2)14-6-4-3-5-7-14/h3-9,12,18,20H,1,10-11H2,2H3,(H,21,22)/t18-/m0/s1. The van der Waals surface area contributed by atoms with E-state index in [1.54, 1.807) is 0 Å². The van der Waals surface area contributed by atoms with Crippen molar-refractivity contribution in [3.05, 3.63) is 66.2 Å². The third-order valence-corrected chi connectivity index (χ3v) is 3.80. The smallest absolute Gasteiger partial charge is 0.272 e. The van der Waals surface area contributed by atoms with E-state index in [0.29, 0.717) is 30.4 Å². The quantitative estimate of drug-likeness (QED) is 0.791. The molecule has 0 saturated heterocycles. The Kier molecular flexibility index (Phi) is 5.20. The van der Waals surface area contributed by atoms with E-state index in [1.807, 2.05) is 48.5 Å². The fourth-order valence-electron chi connectivity index (χ4n) is 2.53. The van der Waals surface area contributed by atoms with Gasteiger partial charge in [0, 0.05) is 12.7 Å². The van der Waals surface area contributed by atoms with Crippen molar-refractivity contribution in [3.63, 3.8) is 0 Å². The molecule has 0 unspecified atom stereocenters. The summed E-state index contributed by atoms with van der Waals surface area (Å²) in [5, 5.41) is 0. The molecule has 0 spiro atoms. The van der Waals surface area contributed by atoms with Gasteiger partial charge in [-0.1, -0.05) is 36.9 Å². The number of hydrazine groups is 1. The van der Waals surface area contributed by atoms with E-state index in [1.165, 1.54) is 7.11 Å². The molecule has 0 aromatic heterocycles. The van der Waals surface area contributed by atoms with Crippen LogP contribution in [0.3, 0.4) is 0 Å². The second-order valence-electron chi connectivity index (χ2n) is 5.48. The fraction of sp³-hybridized carbons (Fsp3) is 0.211. The molecule has 2 aromatic rings. The minimum absolute atomic E-state index is 0.313. The monoisotopic (exact) mass is 340 g/mol. The molecule has 2 N–H and O–H groups in total. The van der Waals surface area contributed by atoms with Crippen molar-refractivity contribution in [2.45, 2.75) is 6.10 Å². The summed E-state index contributed by atoms with van der Waals surface area (Å²) in [7, 11) is 1.49. The van der Waals surface area contributed by atoms with Crippen LogP contribution in [-0.4, -0.2) is 26.2 Å². The number of nitrogens with one attached hydrogen (secondary N) is 2. The number of carbonyl (C=O) groups excluding carboxylic acids is 1. The molecule has 3 rings (SSSR count). The van der Waals surface area contributed by atoms with Gasteiger partial charge >= 0.3 is 0 Å².